The van der Waals surface area contributed by atoms with Crippen LogP contribution in [0.1, 0.15) is 7.43 Å². The van der Waals surface area contributed by atoms with Gasteiger partial charge in [0.05, 0.1) is 0 Å². The van der Waals surface area contributed by atoms with E-state index in [1.807, 2.05) is 0 Å². The predicted molar refractivity (Wildman–Crippen MR) is 125 cm³/mol. The van der Waals surface area contributed by atoms with Crippen molar-refractivity contribution in [2.75, 3.05) is 0 Å². The standard InChI is InChI=1S/C9H3Cl3FN3.C9H4Cl2FN3O.CH4/c10-6-7(11)15-9(16-8(6)12)4-1-2-14-5(13)3-4;10-6-7(11)14-8(15-9(6)16)4-1-2-13-5(12)3-4;/h1-3H;1-3H,(H,14,15,16);1H4. The molecule has 0 atom stereocenters. The van der Waals surface area contributed by atoms with Crippen LogP contribution in [0.2, 0.25) is 25.5 Å². The van der Waals surface area contributed by atoms with E-state index < -0.39 is 17.5 Å². The van der Waals surface area contributed by atoms with E-state index in [0.29, 0.717) is 11.1 Å². The van der Waals surface area contributed by atoms with Crippen molar-refractivity contribution >= 4 is 58.0 Å². The van der Waals surface area contributed by atoms with Crippen molar-refractivity contribution in [3.05, 3.63) is 84.4 Å². The van der Waals surface area contributed by atoms with Crippen molar-refractivity contribution in [3.8, 4) is 22.8 Å². The van der Waals surface area contributed by atoms with E-state index >= 15 is 0 Å². The molecule has 0 fully saturated rings. The molecule has 0 saturated heterocycles. The molecular weight excluding hydrogens is 544 g/mol. The van der Waals surface area contributed by atoms with Crippen LogP contribution in [0.3, 0.4) is 0 Å². The van der Waals surface area contributed by atoms with Gasteiger partial charge in [-0.1, -0.05) is 65.4 Å². The van der Waals surface area contributed by atoms with E-state index in [2.05, 4.69) is 29.9 Å². The maximum atomic E-state index is 12.9. The molecule has 0 spiro atoms. The lowest BCUT2D eigenvalue weighted by Crippen LogP contribution is -2.10. The van der Waals surface area contributed by atoms with Crippen LogP contribution in [0.5, 0.6) is 0 Å². The van der Waals surface area contributed by atoms with E-state index in [9.17, 15) is 13.6 Å². The Morgan fingerprint density at radius 1 is 0.727 bits per heavy atom. The summed E-state index contributed by atoms with van der Waals surface area (Å²) in [6.45, 7) is 0. The molecular formula is C19H11Cl5F2N6O. The van der Waals surface area contributed by atoms with E-state index in [1.165, 1.54) is 24.5 Å². The van der Waals surface area contributed by atoms with Gasteiger partial charge in [-0.3, -0.25) is 4.79 Å². The van der Waals surface area contributed by atoms with Gasteiger partial charge in [0.15, 0.2) is 21.3 Å². The number of H-pyrrole nitrogens is 1. The lowest BCUT2D eigenvalue weighted by molar-refractivity contribution is 0.583. The number of aromatic amines is 1. The van der Waals surface area contributed by atoms with Crippen molar-refractivity contribution in [1.29, 1.82) is 0 Å². The third-order valence-electron chi connectivity index (χ3n) is 3.58. The van der Waals surface area contributed by atoms with E-state index in [-0.39, 0.29) is 44.6 Å². The topological polar surface area (TPSA) is 97.3 Å². The second-order valence-electron chi connectivity index (χ2n) is 5.70. The summed E-state index contributed by atoms with van der Waals surface area (Å²) in [5, 5.41) is -0.207. The number of halogens is 7. The summed E-state index contributed by atoms with van der Waals surface area (Å²) in [4.78, 5) is 32.1. The molecule has 0 amide bonds. The first-order chi connectivity index (χ1) is 15.2. The second-order valence-corrected chi connectivity index (χ2v) is 7.53. The van der Waals surface area contributed by atoms with Crippen molar-refractivity contribution in [2.24, 2.45) is 0 Å². The first kappa shape index (κ1) is 26.8. The normalized spacial score (nSPS) is 10.2. The Morgan fingerprint density at radius 3 is 1.73 bits per heavy atom. The van der Waals surface area contributed by atoms with Crippen LogP contribution in [0, 0.1) is 11.9 Å². The van der Waals surface area contributed by atoms with Crippen LogP contribution in [0.15, 0.2) is 41.5 Å². The van der Waals surface area contributed by atoms with E-state index in [4.69, 9.17) is 58.0 Å². The SMILES string of the molecule is C.Fc1cc(-c2nc(Cl)c(Cl)c(Cl)n2)ccn1.O=c1[nH]c(-c2ccnc(F)c2)nc(Cl)c1Cl. The van der Waals surface area contributed by atoms with Crippen LogP contribution in [0.25, 0.3) is 22.8 Å². The number of aromatic nitrogens is 6. The van der Waals surface area contributed by atoms with Crippen molar-refractivity contribution < 1.29 is 8.78 Å². The van der Waals surface area contributed by atoms with Crippen molar-refractivity contribution in [2.45, 2.75) is 7.43 Å². The molecule has 4 heterocycles. The molecule has 0 unspecified atom stereocenters. The zero-order chi connectivity index (χ0) is 23.4. The molecule has 0 aliphatic rings. The van der Waals surface area contributed by atoms with Crippen LogP contribution < -0.4 is 5.56 Å². The van der Waals surface area contributed by atoms with Gasteiger partial charge in [0.2, 0.25) is 11.9 Å². The summed E-state index contributed by atoms with van der Waals surface area (Å²) in [6, 6.07) is 5.34. The molecule has 4 aromatic rings. The largest absolute Gasteiger partial charge is 0.305 e. The van der Waals surface area contributed by atoms with Crippen molar-refractivity contribution in [3.63, 3.8) is 0 Å². The summed E-state index contributed by atoms with van der Waals surface area (Å²) < 4.78 is 25.7. The van der Waals surface area contributed by atoms with Crippen LogP contribution in [0.4, 0.5) is 8.78 Å². The second kappa shape index (κ2) is 11.6. The quantitative estimate of drug-likeness (QED) is 0.223. The van der Waals surface area contributed by atoms with Gasteiger partial charge >= 0.3 is 0 Å². The van der Waals surface area contributed by atoms with Gasteiger partial charge in [-0.15, -0.1) is 0 Å². The maximum absolute atomic E-state index is 12.9. The Kier molecular flexibility index (Phi) is 9.45. The van der Waals surface area contributed by atoms with Gasteiger partial charge in [0.1, 0.15) is 15.9 Å². The smallest absolute Gasteiger partial charge is 0.271 e. The highest BCUT2D eigenvalue weighted by Crippen LogP contribution is 2.29. The molecule has 0 saturated carbocycles. The zero-order valence-corrected chi connectivity index (χ0v) is 19.0. The highest BCUT2D eigenvalue weighted by Gasteiger charge is 2.11. The predicted octanol–water partition coefficient (Wildman–Crippen LogP) is 6.55. The van der Waals surface area contributed by atoms with Crippen LogP contribution >= 0.6 is 58.0 Å². The summed E-state index contributed by atoms with van der Waals surface area (Å²) in [5.74, 6) is -0.976. The molecule has 4 rings (SSSR count). The molecule has 33 heavy (non-hydrogen) atoms. The van der Waals surface area contributed by atoms with Gasteiger partial charge in [-0.2, -0.15) is 8.78 Å². The molecule has 0 aliphatic carbocycles. The van der Waals surface area contributed by atoms with Crippen LogP contribution in [-0.4, -0.2) is 29.9 Å². The summed E-state index contributed by atoms with van der Waals surface area (Å²) in [7, 11) is 0. The average molecular weight is 555 g/mol. The molecule has 7 nitrogen and oxygen atoms in total. The Balaban J connectivity index is 0.000000227. The minimum absolute atomic E-state index is 0. The first-order valence-corrected chi connectivity index (χ1v) is 10.1. The number of nitrogens with one attached hydrogen (secondary N) is 1. The highest BCUT2D eigenvalue weighted by molar-refractivity contribution is 6.47. The number of nitrogens with zero attached hydrogens (tertiary/aromatic N) is 5. The summed E-state index contributed by atoms with van der Waals surface area (Å²) in [5.41, 5.74) is 0.213. The van der Waals surface area contributed by atoms with Gasteiger partial charge in [-0.05, 0) is 12.1 Å². The molecule has 1 N–H and O–H groups in total. The first-order valence-electron chi connectivity index (χ1n) is 8.23. The summed E-state index contributed by atoms with van der Waals surface area (Å²) in [6.07, 6.45) is 2.55. The number of pyridine rings is 2. The third-order valence-corrected chi connectivity index (χ3v) is 5.40. The number of hydrogen-bond donors (Lipinski definition) is 1. The lowest BCUT2D eigenvalue weighted by atomic mass is 10.2. The average Bonchev–Trinajstić information content (AvgIpc) is 2.75. The fraction of sp³-hybridized carbons (Fsp3) is 0.0526. The Morgan fingerprint density at radius 2 is 1.21 bits per heavy atom. The third kappa shape index (κ3) is 6.78. The maximum Gasteiger partial charge on any atom is 0.271 e. The van der Waals surface area contributed by atoms with Crippen LogP contribution in [-0.2, 0) is 0 Å². The van der Waals surface area contributed by atoms with Crippen molar-refractivity contribution in [1.82, 2.24) is 29.9 Å². The van der Waals surface area contributed by atoms with E-state index in [1.54, 1.807) is 6.07 Å². The molecule has 4 aromatic heterocycles. The lowest BCUT2D eigenvalue weighted by Gasteiger charge is -2.03. The Labute approximate surface area is 210 Å². The zero-order valence-electron chi connectivity index (χ0n) is 15.3. The van der Waals surface area contributed by atoms with Gasteiger partial charge in [0.25, 0.3) is 5.56 Å². The van der Waals surface area contributed by atoms with Gasteiger partial charge in [0, 0.05) is 35.7 Å². The van der Waals surface area contributed by atoms with Gasteiger partial charge in [-0.25, -0.2) is 24.9 Å². The minimum atomic E-state index is -0.675. The fourth-order valence-electron chi connectivity index (χ4n) is 2.18. The highest BCUT2D eigenvalue weighted by atomic mass is 35.5. The number of hydrogen-bond acceptors (Lipinski definition) is 6. The van der Waals surface area contributed by atoms with Gasteiger partial charge < -0.3 is 4.98 Å². The molecule has 172 valence electrons. The molecule has 0 radical (unpaired) electrons. The Hall–Kier alpha value is -2.43. The molecule has 0 bridgehead atoms. The molecule has 0 aromatic carbocycles. The molecule has 0 aliphatic heterocycles. The molecule has 14 heteroatoms. The monoisotopic (exact) mass is 552 g/mol. The fourth-order valence-corrected chi connectivity index (χ4v) is 2.91. The van der Waals surface area contributed by atoms with E-state index in [0.717, 1.165) is 6.07 Å². The number of rotatable bonds is 2. The Bertz CT molecular complexity index is 1330. The minimum Gasteiger partial charge on any atom is -0.305 e. The summed E-state index contributed by atoms with van der Waals surface area (Å²) >= 11 is 28.3.